The molecule has 1 aromatic carbocycles. The third-order valence-corrected chi connectivity index (χ3v) is 9.40. The molecule has 2 nitrogen and oxygen atoms in total. The lowest BCUT2D eigenvalue weighted by Crippen LogP contribution is -2.53. The molecule has 0 heterocycles. The third kappa shape index (κ3) is 5.22. The molecule has 0 bridgehead atoms. The number of allylic oxidation sites excluding steroid dienone is 1. The van der Waals surface area contributed by atoms with E-state index in [0.717, 1.165) is 26.2 Å². The van der Waals surface area contributed by atoms with Gasteiger partial charge in [-0.25, -0.2) is 0 Å². The fourth-order valence-corrected chi connectivity index (χ4v) is 6.66. The maximum atomic E-state index is 6.46. The van der Waals surface area contributed by atoms with E-state index in [-0.39, 0.29) is 0 Å². The summed E-state index contributed by atoms with van der Waals surface area (Å²) in [5, 5.41) is 2.88. The lowest BCUT2D eigenvalue weighted by molar-refractivity contribution is 0.387. The fourth-order valence-electron chi connectivity index (χ4n) is 3.28. The topological polar surface area (TPSA) is 6.48 Å². The van der Waals surface area contributed by atoms with E-state index in [1.54, 1.807) is 0 Å². The van der Waals surface area contributed by atoms with Crippen LogP contribution in [-0.4, -0.2) is 56.7 Å². The summed E-state index contributed by atoms with van der Waals surface area (Å²) in [5.41, 5.74) is 0. The minimum absolute atomic E-state index is 0.333. The lowest BCUT2D eigenvalue weighted by atomic mass is 9.70. The molecular formula is C19H34BClN2Si. The number of benzene rings is 1. The van der Waals surface area contributed by atoms with Crippen molar-refractivity contribution in [2.75, 3.05) is 32.1 Å². The molecule has 0 radical (unpaired) electrons. The Bertz CT molecular complexity index is 487. The minimum atomic E-state index is -1.74. The highest BCUT2D eigenvalue weighted by atomic mass is 35.5. The summed E-state index contributed by atoms with van der Waals surface area (Å²) >= 11 is 6.46. The minimum Gasteiger partial charge on any atom is -0.325 e. The quantitative estimate of drug-likeness (QED) is 0.457. The largest absolute Gasteiger partial charge is 0.338 e. The SMILES string of the molecule is CCN(CC)B(/C=C(\CCl)[Si](C)(C)c1ccccc1)N(CC)CC. The van der Waals surface area contributed by atoms with Crippen molar-refractivity contribution < 1.29 is 0 Å². The highest BCUT2D eigenvalue weighted by Crippen LogP contribution is 2.19. The van der Waals surface area contributed by atoms with Crippen LogP contribution >= 0.6 is 11.6 Å². The Hall–Kier alpha value is -0.548. The second-order valence-corrected chi connectivity index (χ2v) is 11.4. The molecule has 0 aliphatic rings. The Morgan fingerprint density at radius 3 is 1.79 bits per heavy atom. The van der Waals surface area contributed by atoms with Gasteiger partial charge in [0.25, 0.3) is 0 Å². The van der Waals surface area contributed by atoms with Crippen molar-refractivity contribution >= 4 is 31.8 Å². The maximum Gasteiger partial charge on any atom is 0.338 e. The van der Waals surface area contributed by atoms with Crippen molar-refractivity contribution in [2.24, 2.45) is 0 Å². The van der Waals surface area contributed by atoms with Gasteiger partial charge in [-0.3, -0.25) is 0 Å². The van der Waals surface area contributed by atoms with Crippen molar-refractivity contribution in [1.82, 2.24) is 9.62 Å². The predicted octanol–water partition coefficient (Wildman–Crippen LogP) is 4.02. The zero-order chi connectivity index (χ0) is 18.2. The van der Waals surface area contributed by atoms with Crippen LogP contribution in [0.1, 0.15) is 27.7 Å². The van der Waals surface area contributed by atoms with E-state index < -0.39 is 8.07 Å². The normalized spacial score (nSPS) is 13.0. The van der Waals surface area contributed by atoms with Crippen LogP contribution in [0.25, 0.3) is 0 Å². The number of nitrogens with zero attached hydrogens (tertiary/aromatic N) is 2. The fraction of sp³-hybridized carbons (Fsp3) is 0.579. The Labute approximate surface area is 156 Å². The van der Waals surface area contributed by atoms with Gasteiger partial charge in [0.2, 0.25) is 0 Å². The van der Waals surface area contributed by atoms with Crippen LogP contribution in [0.5, 0.6) is 0 Å². The molecule has 1 rings (SSSR count). The van der Waals surface area contributed by atoms with Gasteiger partial charge in [0, 0.05) is 5.88 Å². The molecule has 0 N–H and O–H groups in total. The monoisotopic (exact) mass is 364 g/mol. The number of hydrogen-bond donors (Lipinski definition) is 0. The average molecular weight is 365 g/mol. The molecule has 0 aliphatic carbocycles. The molecule has 134 valence electrons. The first-order chi connectivity index (χ1) is 11.5. The van der Waals surface area contributed by atoms with Gasteiger partial charge < -0.3 is 9.62 Å². The second-order valence-electron chi connectivity index (χ2n) is 6.67. The highest BCUT2D eigenvalue weighted by Gasteiger charge is 2.32. The van der Waals surface area contributed by atoms with Gasteiger partial charge in [0.05, 0.1) is 0 Å². The van der Waals surface area contributed by atoms with Gasteiger partial charge in [-0.05, 0) is 26.2 Å². The molecule has 0 fully saturated rings. The van der Waals surface area contributed by atoms with Crippen molar-refractivity contribution in [3.63, 3.8) is 0 Å². The third-order valence-electron chi connectivity index (χ3n) is 5.17. The molecule has 1 aromatic rings. The van der Waals surface area contributed by atoms with Gasteiger partial charge in [-0.2, -0.15) is 0 Å². The van der Waals surface area contributed by atoms with Gasteiger partial charge in [-0.15, -0.1) is 11.6 Å². The van der Waals surface area contributed by atoms with E-state index in [4.69, 9.17) is 11.6 Å². The average Bonchev–Trinajstić information content (AvgIpc) is 2.61. The predicted molar refractivity (Wildman–Crippen MR) is 114 cm³/mol. The van der Waals surface area contributed by atoms with Gasteiger partial charge in [0.1, 0.15) is 8.07 Å². The van der Waals surface area contributed by atoms with E-state index in [1.807, 2.05) is 0 Å². The Balaban J connectivity index is 3.29. The smallest absolute Gasteiger partial charge is 0.325 e. The number of hydrogen-bond acceptors (Lipinski definition) is 2. The first-order valence-corrected chi connectivity index (χ1v) is 12.8. The van der Waals surface area contributed by atoms with Crippen LogP contribution in [0.15, 0.2) is 41.5 Å². The molecule has 0 spiro atoms. The standard InChI is InChI=1S/C19H34BClN2Si/c1-7-22(8-2)20(23(9-3)10-4)16-19(17-21)24(5,6)18-14-12-11-13-15-18/h11-16H,7-10,17H2,1-6H3/b19-16+. The first kappa shape index (κ1) is 21.5. The van der Waals surface area contributed by atoms with E-state index in [0.29, 0.717) is 12.9 Å². The molecule has 0 aliphatic heterocycles. The summed E-state index contributed by atoms with van der Waals surface area (Å²) in [6, 6.07) is 10.9. The molecule has 0 amide bonds. The number of rotatable bonds is 10. The van der Waals surface area contributed by atoms with Crippen molar-refractivity contribution in [2.45, 2.75) is 40.8 Å². The van der Waals surface area contributed by atoms with Crippen LogP contribution in [0, 0.1) is 0 Å². The zero-order valence-electron chi connectivity index (χ0n) is 16.3. The summed E-state index contributed by atoms with van der Waals surface area (Å²) < 4.78 is 0. The van der Waals surface area contributed by atoms with Gasteiger partial charge >= 0.3 is 6.98 Å². The van der Waals surface area contributed by atoms with Gasteiger partial charge in [-0.1, -0.05) is 87.5 Å². The Morgan fingerprint density at radius 2 is 1.42 bits per heavy atom. The molecule has 0 saturated heterocycles. The lowest BCUT2D eigenvalue weighted by Gasteiger charge is -2.35. The molecule has 0 saturated carbocycles. The van der Waals surface area contributed by atoms with Crippen molar-refractivity contribution in [3.05, 3.63) is 41.5 Å². The second kappa shape index (κ2) is 10.4. The maximum absolute atomic E-state index is 6.46. The zero-order valence-corrected chi connectivity index (χ0v) is 18.1. The van der Waals surface area contributed by atoms with Crippen LogP contribution in [0.3, 0.4) is 0 Å². The summed E-state index contributed by atoms with van der Waals surface area (Å²) in [4.78, 5) is 5.05. The van der Waals surface area contributed by atoms with Crippen LogP contribution in [-0.2, 0) is 0 Å². The summed E-state index contributed by atoms with van der Waals surface area (Å²) in [6.07, 6.45) is 0. The molecule has 0 unspecified atom stereocenters. The Kier molecular flexibility index (Phi) is 9.35. The summed E-state index contributed by atoms with van der Waals surface area (Å²) in [7, 11) is -1.74. The van der Waals surface area contributed by atoms with Crippen molar-refractivity contribution in [3.8, 4) is 0 Å². The summed E-state index contributed by atoms with van der Waals surface area (Å²) in [6.45, 7) is 18.3. The van der Waals surface area contributed by atoms with E-state index >= 15 is 0 Å². The van der Waals surface area contributed by atoms with E-state index in [9.17, 15) is 0 Å². The Morgan fingerprint density at radius 1 is 0.958 bits per heavy atom. The molecule has 0 atom stereocenters. The molecule has 24 heavy (non-hydrogen) atoms. The van der Waals surface area contributed by atoms with Crippen LogP contribution in [0.2, 0.25) is 13.1 Å². The van der Waals surface area contributed by atoms with Crippen LogP contribution < -0.4 is 5.19 Å². The van der Waals surface area contributed by atoms with Crippen molar-refractivity contribution in [1.29, 1.82) is 0 Å². The number of alkyl halides is 1. The van der Waals surface area contributed by atoms with E-state index in [1.165, 1.54) is 10.4 Å². The number of halogens is 1. The molecule has 0 aromatic heterocycles. The van der Waals surface area contributed by atoms with Gasteiger partial charge in [0.15, 0.2) is 0 Å². The van der Waals surface area contributed by atoms with Crippen LogP contribution in [0.4, 0.5) is 0 Å². The first-order valence-electron chi connectivity index (χ1n) is 9.26. The molecule has 5 heteroatoms. The molecular weight excluding hydrogens is 331 g/mol. The van der Waals surface area contributed by atoms with E-state index in [2.05, 4.69) is 86.7 Å². The summed E-state index contributed by atoms with van der Waals surface area (Å²) in [5.74, 6) is 3.08. The highest BCUT2D eigenvalue weighted by molar-refractivity contribution is 6.96.